The number of ether oxygens (including phenoxy) is 1. The molecule has 0 radical (unpaired) electrons. The molecule has 1 aromatic heterocycles. The summed E-state index contributed by atoms with van der Waals surface area (Å²) in [5.74, 6) is 1.13. The van der Waals surface area contributed by atoms with Gasteiger partial charge in [-0.25, -0.2) is 4.98 Å². The lowest BCUT2D eigenvalue weighted by Gasteiger charge is -2.49. The molecule has 5 rings (SSSR count). The average molecular weight is 451 g/mol. The number of allylic oxidation sites excluding steroid dienone is 2. The number of carbonyl (C=O) groups excluding carboxylic acids is 1. The fourth-order valence-electron chi connectivity index (χ4n) is 5.18. The van der Waals surface area contributed by atoms with Gasteiger partial charge in [0.1, 0.15) is 11.5 Å². The van der Waals surface area contributed by atoms with Gasteiger partial charge in [-0.3, -0.25) is 4.79 Å². The Bertz CT molecular complexity index is 1080. The number of fused-ring (bicyclic) bond motifs is 3. The molecule has 4 heterocycles. The van der Waals surface area contributed by atoms with Crippen molar-refractivity contribution < 1.29 is 9.53 Å². The predicted octanol–water partition coefficient (Wildman–Crippen LogP) is 3.87. The number of thiazole rings is 1. The van der Waals surface area contributed by atoms with E-state index in [0.29, 0.717) is 6.42 Å². The van der Waals surface area contributed by atoms with Crippen LogP contribution < -0.4 is 15.1 Å². The fraction of sp³-hybridized carbons (Fsp3) is 0.440. The van der Waals surface area contributed by atoms with Gasteiger partial charge in [-0.2, -0.15) is 0 Å². The summed E-state index contributed by atoms with van der Waals surface area (Å²) in [6.07, 6.45) is 8.92. The molecule has 1 atom stereocenters. The lowest BCUT2D eigenvalue weighted by atomic mass is 9.74. The number of nitrogens with zero attached hydrogens (tertiary/aromatic N) is 3. The number of nitrogens with one attached hydrogen (secondary N) is 1. The van der Waals surface area contributed by atoms with E-state index in [0.717, 1.165) is 43.5 Å². The second kappa shape index (κ2) is 8.05. The maximum Gasteiger partial charge on any atom is 0.223 e. The molecular formula is C25H30N4O2S. The fourth-order valence-corrected chi connectivity index (χ4v) is 5.89. The summed E-state index contributed by atoms with van der Waals surface area (Å²) >= 11 is 1.64. The van der Waals surface area contributed by atoms with Crippen LogP contribution in [0.15, 0.2) is 41.9 Å². The first-order valence-electron chi connectivity index (χ1n) is 11.2. The van der Waals surface area contributed by atoms with Crippen molar-refractivity contribution in [3.05, 3.63) is 57.9 Å². The van der Waals surface area contributed by atoms with Crippen LogP contribution in [0, 0.1) is 6.92 Å². The summed E-state index contributed by atoms with van der Waals surface area (Å²) < 4.78 is 5.47. The van der Waals surface area contributed by atoms with Crippen LogP contribution in [0.1, 0.15) is 36.3 Å². The van der Waals surface area contributed by atoms with Crippen molar-refractivity contribution in [1.82, 2.24) is 10.3 Å². The zero-order valence-corrected chi connectivity index (χ0v) is 19.7. The first-order valence-corrected chi connectivity index (χ1v) is 12.1. The largest absolute Gasteiger partial charge is 0.378 e. The highest BCUT2D eigenvalue weighted by molar-refractivity contribution is 7.11. The Morgan fingerprint density at radius 3 is 2.81 bits per heavy atom. The highest BCUT2D eigenvalue weighted by Gasteiger charge is 2.57. The van der Waals surface area contributed by atoms with Crippen LogP contribution >= 0.6 is 11.3 Å². The van der Waals surface area contributed by atoms with E-state index in [2.05, 4.69) is 83.4 Å². The summed E-state index contributed by atoms with van der Waals surface area (Å²) in [7, 11) is 0. The van der Waals surface area contributed by atoms with E-state index in [1.807, 2.05) is 5.51 Å². The highest BCUT2D eigenvalue weighted by atomic mass is 32.1. The third kappa shape index (κ3) is 3.35. The number of aryl methyl sites for hydroxylation is 1. The number of carbonyl (C=O) groups is 1. The number of hydrogen-bond acceptors (Lipinski definition) is 6. The molecule has 6 nitrogen and oxygen atoms in total. The molecule has 0 spiro atoms. The van der Waals surface area contributed by atoms with Gasteiger partial charge in [0, 0.05) is 37.2 Å². The van der Waals surface area contributed by atoms with Gasteiger partial charge in [0.05, 0.1) is 23.6 Å². The van der Waals surface area contributed by atoms with Crippen molar-refractivity contribution in [1.29, 1.82) is 0 Å². The second-order valence-corrected chi connectivity index (χ2v) is 10.1. The standard InChI is InChI=1S/C25H30N4O2S/c1-18-7-8-20-19(16-18)24(2,3)25(27-22(30)9-11-29(20)25)10-5-4-6-21-23(26-17-32-21)28-12-14-31-15-13-28/h4-8,10,16-17H,9,11-15H2,1-3H3,(H,27,30). The molecule has 3 aliphatic heterocycles. The maximum atomic E-state index is 12.5. The summed E-state index contributed by atoms with van der Waals surface area (Å²) in [6, 6.07) is 6.61. The molecule has 2 saturated heterocycles. The monoisotopic (exact) mass is 450 g/mol. The Kier molecular flexibility index (Phi) is 5.34. The van der Waals surface area contributed by atoms with Crippen LogP contribution in [-0.4, -0.2) is 49.4 Å². The first kappa shape index (κ1) is 21.2. The van der Waals surface area contributed by atoms with Crippen molar-refractivity contribution in [2.45, 2.75) is 38.3 Å². The van der Waals surface area contributed by atoms with Gasteiger partial charge in [-0.1, -0.05) is 43.7 Å². The Labute approximate surface area is 193 Å². The molecule has 1 aromatic carbocycles. The van der Waals surface area contributed by atoms with E-state index < -0.39 is 5.66 Å². The quantitative estimate of drug-likeness (QED) is 0.717. The van der Waals surface area contributed by atoms with E-state index in [9.17, 15) is 4.79 Å². The molecule has 1 N–H and O–H groups in total. The third-order valence-electron chi connectivity index (χ3n) is 6.97. The summed E-state index contributed by atoms with van der Waals surface area (Å²) in [6.45, 7) is 10.5. The van der Waals surface area contributed by atoms with E-state index in [4.69, 9.17) is 4.74 Å². The SMILES string of the molecule is Cc1ccc2c(c1)C(C)(C)C1(C=CC=Cc3scnc3N3CCOCC3)NC(=O)CCN21. The van der Waals surface area contributed by atoms with Crippen LogP contribution in [0.3, 0.4) is 0 Å². The smallest absolute Gasteiger partial charge is 0.223 e. The van der Waals surface area contributed by atoms with E-state index in [-0.39, 0.29) is 11.3 Å². The van der Waals surface area contributed by atoms with E-state index in [1.54, 1.807) is 11.3 Å². The lowest BCUT2D eigenvalue weighted by molar-refractivity contribution is -0.124. The number of anilines is 2. The first-order chi connectivity index (χ1) is 15.4. The van der Waals surface area contributed by atoms with Crippen LogP contribution in [0.5, 0.6) is 0 Å². The number of aromatic nitrogens is 1. The van der Waals surface area contributed by atoms with Crippen LogP contribution in [0.2, 0.25) is 0 Å². The van der Waals surface area contributed by atoms with Gasteiger partial charge >= 0.3 is 0 Å². The minimum atomic E-state index is -0.580. The van der Waals surface area contributed by atoms with Crippen molar-refractivity contribution in [2.24, 2.45) is 0 Å². The van der Waals surface area contributed by atoms with Crippen LogP contribution in [0.25, 0.3) is 6.08 Å². The van der Waals surface area contributed by atoms with Gasteiger partial charge < -0.3 is 19.9 Å². The Balaban J connectivity index is 1.45. The Hall–Kier alpha value is -2.64. The lowest BCUT2D eigenvalue weighted by Crippen LogP contribution is -2.68. The summed E-state index contributed by atoms with van der Waals surface area (Å²) in [5, 5.41) is 3.34. The molecule has 0 saturated carbocycles. The van der Waals surface area contributed by atoms with Gasteiger partial charge in [0.2, 0.25) is 5.91 Å². The molecule has 1 unspecified atom stereocenters. The number of rotatable bonds is 4. The molecule has 168 valence electrons. The van der Waals surface area contributed by atoms with E-state index >= 15 is 0 Å². The Morgan fingerprint density at radius 2 is 2.00 bits per heavy atom. The minimum Gasteiger partial charge on any atom is -0.378 e. The molecule has 32 heavy (non-hydrogen) atoms. The molecule has 0 aliphatic carbocycles. The summed E-state index contributed by atoms with van der Waals surface area (Å²) in [5.41, 5.74) is 4.79. The topological polar surface area (TPSA) is 57.7 Å². The zero-order chi connectivity index (χ0) is 22.3. The molecule has 0 bridgehead atoms. The van der Waals surface area contributed by atoms with Crippen molar-refractivity contribution in [3.8, 4) is 0 Å². The van der Waals surface area contributed by atoms with Gasteiger partial charge in [0.25, 0.3) is 0 Å². The highest BCUT2D eigenvalue weighted by Crippen LogP contribution is 2.52. The number of morpholine rings is 1. The third-order valence-corrected chi connectivity index (χ3v) is 7.75. The van der Waals surface area contributed by atoms with Crippen LogP contribution in [0.4, 0.5) is 11.5 Å². The van der Waals surface area contributed by atoms with Crippen LogP contribution in [-0.2, 0) is 14.9 Å². The number of benzene rings is 1. The van der Waals surface area contributed by atoms with E-state index in [1.165, 1.54) is 16.8 Å². The molecule has 2 aromatic rings. The van der Waals surface area contributed by atoms with Crippen molar-refractivity contribution in [3.63, 3.8) is 0 Å². The summed E-state index contributed by atoms with van der Waals surface area (Å²) in [4.78, 5) is 22.9. The molecule has 3 aliphatic rings. The zero-order valence-electron chi connectivity index (χ0n) is 18.9. The number of amides is 1. The van der Waals surface area contributed by atoms with Gasteiger partial charge in [-0.05, 0) is 30.7 Å². The van der Waals surface area contributed by atoms with Gasteiger partial charge in [-0.15, -0.1) is 11.3 Å². The molecule has 2 fully saturated rings. The van der Waals surface area contributed by atoms with Crippen molar-refractivity contribution >= 4 is 34.8 Å². The number of hydrogen-bond donors (Lipinski definition) is 1. The second-order valence-electron chi connectivity index (χ2n) is 9.22. The predicted molar refractivity (Wildman–Crippen MR) is 130 cm³/mol. The Morgan fingerprint density at radius 1 is 1.19 bits per heavy atom. The normalized spacial score (nSPS) is 24.8. The molecule has 7 heteroatoms. The maximum absolute atomic E-state index is 12.5. The molecule has 1 amide bonds. The minimum absolute atomic E-state index is 0.101. The van der Waals surface area contributed by atoms with Crippen molar-refractivity contribution in [2.75, 3.05) is 42.6 Å². The average Bonchev–Trinajstić information content (AvgIpc) is 3.32. The molecular weight excluding hydrogens is 420 g/mol. The van der Waals surface area contributed by atoms with Gasteiger partial charge in [0.15, 0.2) is 0 Å².